The third-order valence-corrected chi connectivity index (χ3v) is 3.80. The fourth-order valence-electron chi connectivity index (χ4n) is 2.41. The molecule has 1 N–H and O–H groups in total. The largest absolute Gasteiger partial charge is 0.497 e. The van der Waals surface area contributed by atoms with Gasteiger partial charge in [-0.05, 0) is 49.1 Å². The van der Waals surface area contributed by atoms with Gasteiger partial charge in [0.05, 0.1) is 14.2 Å². The van der Waals surface area contributed by atoms with E-state index in [1.807, 2.05) is 24.3 Å². The second kappa shape index (κ2) is 10.2. The molecule has 0 unspecified atom stereocenters. The fraction of sp³-hybridized carbons (Fsp3) is 0.350. The number of carbonyl (C=O) groups is 1. The van der Waals surface area contributed by atoms with Crippen LogP contribution in [0, 0.1) is 0 Å². The third kappa shape index (κ3) is 6.37. The molecule has 0 atom stereocenters. The predicted molar refractivity (Wildman–Crippen MR) is 97.4 cm³/mol. The first-order valence-electron chi connectivity index (χ1n) is 8.38. The minimum Gasteiger partial charge on any atom is -0.497 e. The van der Waals surface area contributed by atoms with Gasteiger partial charge in [0.15, 0.2) is 18.1 Å². The van der Waals surface area contributed by atoms with Gasteiger partial charge in [-0.25, -0.2) is 0 Å². The van der Waals surface area contributed by atoms with Gasteiger partial charge >= 0.3 is 0 Å². The topological polar surface area (TPSA) is 56.8 Å². The SMILES string of the molecule is COc1ccc(CCCCNC(=O)COc2ccccc2OC)cc1. The lowest BCUT2D eigenvalue weighted by Crippen LogP contribution is -2.29. The summed E-state index contributed by atoms with van der Waals surface area (Å²) in [5.74, 6) is 1.93. The molecule has 2 rings (SSSR count). The maximum Gasteiger partial charge on any atom is 0.257 e. The van der Waals surface area contributed by atoms with Gasteiger partial charge in [-0.15, -0.1) is 0 Å². The van der Waals surface area contributed by atoms with Gasteiger partial charge in [-0.3, -0.25) is 4.79 Å². The van der Waals surface area contributed by atoms with Crippen molar-refractivity contribution in [3.05, 3.63) is 54.1 Å². The van der Waals surface area contributed by atoms with Gasteiger partial charge in [-0.1, -0.05) is 24.3 Å². The number of hydrogen-bond acceptors (Lipinski definition) is 4. The maximum absolute atomic E-state index is 11.8. The van der Waals surface area contributed by atoms with Crippen LogP contribution in [-0.2, 0) is 11.2 Å². The fourth-order valence-corrected chi connectivity index (χ4v) is 2.41. The van der Waals surface area contributed by atoms with Crippen LogP contribution in [0.3, 0.4) is 0 Å². The summed E-state index contributed by atoms with van der Waals surface area (Å²) in [6.45, 7) is 0.628. The second-order valence-electron chi connectivity index (χ2n) is 5.59. The Morgan fingerprint density at radius 3 is 2.32 bits per heavy atom. The third-order valence-electron chi connectivity index (χ3n) is 3.80. The summed E-state index contributed by atoms with van der Waals surface area (Å²) in [4.78, 5) is 11.8. The number of unbranched alkanes of at least 4 members (excludes halogenated alkanes) is 1. The standard InChI is InChI=1S/C20H25NO4/c1-23-17-12-10-16(11-13-17)7-5-6-14-21-20(22)15-25-19-9-4-3-8-18(19)24-2/h3-4,8-13H,5-7,14-15H2,1-2H3,(H,21,22). The van der Waals surface area contributed by atoms with Crippen LogP contribution in [0.2, 0.25) is 0 Å². The van der Waals surface area contributed by atoms with E-state index in [-0.39, 0.29) is 12.5 Å². The zero-order valence-corrected chi connectivity index (χ0v) is 14.8. The van der Waals surface area contributed by atoms with Crippen molar-refractivity contribution in [3.8, 4) is 17.2 Å². The van der Waals surface area contributed by atoms with Crippen LogP contribution in [0.1, 0.15) is 18.4 Å². The Bertz CT molecular complexity index is 655. The summed E-state index contributed by atoms with van der Waals surface area (Å²) in [7, 11) is 3.24. The van der Waals surface area contributed by atoms with Crippen LogP contribution in [0.5, 0.6) is 17.2 Å². The molecular formula is C20H25NO4. The minimum atomic E-state index is -0.129. The number of rotatable bonds is 10. The van der Waals surface area contributed by atoms with Crippen molar-refractivity contribution in [1.29, 1.82) is 0 Å². The minimum absolute atomic E-state index is 0.0150. The molecule has 0 aliphatic rings. The Kier molecular flexibility index (Phi) is 7.63. The van der Waals surface area contributed by atoms with Crippen molar-refractivity contribution in [2.24, 2.45) is 0 Å². The smallest absolute Gasteiger partial charge is 0.257 e. The van der Waals surface area contributed by atoms with Gasteiger partial charge in [0.1, 0.15) is 5.75 Å². The van der Waals surface area contributed by atoms with E-state index in [0.717, 1.165) is 25.0 Å². The van der Waals surface area contributed by atoms with E-state index in [0.29, 0.717) is 18.0 Å². The van der Waals surface area contributed by atoms with Gasteiger partial charge in [0.25, 0.3) is 5.91 Å². The van der Waals surface area contributed by atoms with Crippen LogP contribution in [0.25, 0.3) is 0 Å². The van der Waals surface area contributed by atoms with Crippen molar-refractivity contribution < 1.29 is 19.0 Å². The molecule has 0 heterocycles. The summed E-state index contributed by atoms with van der Waals surface area (Å²) >= 11 is 0. The monoisotopic (exact) mass is 343 g/mol. The maximum atomic E-state index is 11.8. The molecule has 1 amide bonds. The highest BCUT2D eigenvalue weighted by atomic mass is 16.5. The van der Waals surface area contributed by atoms with E-state index in [9.17, 15) is 4.79 Å². The summed E-state index contributed by atoms with van der Waals surface area (Å²) < 4.78 is 15.8. The number of benzene rings is 2. The number of carbonyl (C=O) groups excluding carboxylic acids is 1. The summed E-state index contributed by atoms with van der Waals surface area (Å²) in [5, 5.41) is 2.87. The van der Waals surface area contributed by atoms with Crippen LogP contribution >= 0.6 is 0 Å². The number of para-hydroxylation sites is 2. The van der Waals surface area contributed by atoms with Crippen LogP contribution in [-0.4, -0.2) is 33.3 Å². The highest BCUT2D eigenvalue weighted by Gasteiger charge is 2.06. The lowest BCUT2D eigenvalue weighted by Gasteiger charge is -2.10. The van der Waals surface area contributed by atoms with E-state index in [1.165, 1.54) is 5.56 Å². The number of nitrogens with one attached hydrogen (secondary N) is 1. The van der Waals surface area contributed by atoms with E-state index in [1.54, 1.807) is 26.4 Å². The van der Waals surface area contributed by atoms with Gasteiger partial charge < -0.3 is 19.5 Å². The molecule has 0 aliphatic carbocycles. The molecule has 0 bridgehead atoms. The molecule has 5 nitrogen and oxygen atoms in total. The zero-order chi connectivity index (χ0) is 17.9. The number of methoxy groups -OCH3 is 2. The van der Waals surface area contributed by atoms with E-state index in [2.05, 4.69) is 17.4 Å². The molecule has 2 aromatic carbocycles. The summed E-state index contributed by atoms with van der Waals surface area (Å²) in [6.07, 6.45) is 2.92. The summed E-state index contributed by atoms with van der Waals surface area (Å²) in [5.41, 5.74) is 1.27. The molecule has 25 heavy (non-hydrogen) atoms. The van der Waals surface area contributed by atoms with E-state index >= 15 is 0 Å². The van der Waals surface area contributed by atoms with Crippen molar-refractivity contribution in [3.63, 3.8) is 0 Å². The molecule has 0 radical (unpaired) electrons. The molecule has 0 fully saturated rings. The van der Waals surface area contributed by atoms with Crippen LogP contribution < -0.4 is 19.5 Å². The predicted octanol–water partition coefficient (Wildman–Crippen LogP) is 3.22. The molecule has 0 saturated carbocycles. The Labute approximate surface area is 148 Å². The number of amides is 1. The summed E-state index contributed by atoms with van der Waals surface area (Å²) in [6, 6.07) is 15.3. The Balaban J connectivity index is 1.60. The Hall–Kier alpha value is -2.69. The lowest BCUT2D eigenvalue weighted by atomic mass is 10.1. The lowest BCUT2D eigenvalue weighted by molar-refractivity contribution is -0.123. The average molecular weight is 343 g/mol. The normalized spacial score (nSPS) is 10.2. The molecule has 0 aliphatic heterocycles. The van der Waals surface area contributed by atoms with Crippen LogP contribution in [0.4, 0.5) is 0 Å². The first-order valence-corrected chi connectivity index (χ1v) is 8.38. The molecule has 134 valence electrons. The number of aryl methyl sites for hydroxylation is 1. The first kappa shape index (κ1) is 18.6. The van der Waals surface area contributed by atoms with Gasteiger partial charge in [-0.2, -0.15) is 0 Å². The highest BCUT2D eigenvalue weighted by molar-refractivity contribution is 5.77. The van der Waals surface area contributed by atoms with Gasteiger partial charge in [0, 0.05) is 6.54 Å². The van der Waals surface area contributed by atoms with Crippen molar-refractivity contribution in [2.45, 2.75) is 19.3 Å². The quantitative estimate of drug-likeness (QED) is 0.673. The van der Waals surface area contributed by atoms with E-state index < -0.39 is 0 Å². The zero-order valence-electron chi connectivity index (χ0n) is 14.8. The highest BCUT2D eigenvalue weighted by Crippen LogP contribution is 2.25. The Morgan fingerprint density at radius 2 is 1.64 bits per heavy atom. The molecule has 0 spiro atoms. The van der Waals surface area contributed by atoms with Crippen molar-refractivity contribution >= 4 is 5.91 Å². The first-order chi connectivity index (χ1) is 12.2. The van der Waals surface area contributed by atoms with Crippen molar-refractivity contribution in [1.82, 2.24) is 5.32 Å². The molecular weight excluding hydrogens is 318 g/mol. The second-order valence-corrected chi connectivity index (χ2v) is 5.59. The van der Waals surface area contributed by atoms with Crippen LogP contribution in [0.15, 0.2) is 48.5 Å². The van der Waals surface area contributed by atoms with E-state index in [4.69, 9.17) is 14.2 Å². The molecule has 2 aromatic rings. The number of hydrogen-bond donors (Lipinski definition) is 1. The average Bonchev–Trinajstić information content (AvgIpc) is 2.66. The molecule has 5 heteroatoms. The molecule has 0 saturated heterocycles. The number of ether oxygens (including phenoxy) is 3. The van der Waals surface area contributed by atoms with Gasteiger partial charge in [0.2, 0.25) is 0 Å². The Morgan fingerprint density at radius 1 is 0.920 bits per heavy atom. The molecule has 0 aromatic heterocycles. The van der Waals surface area contributed by atoms with Crippen molar-refractivity contribution in [2.75, 3.05) is 27.4 Å².